The number of ether oxygens (including phenoxy) is 1. The largest absolute Gasteiger partial charge is 0.495 e. The molecule has 7 nitrogen and oxygen atoms in total. The third-order valence-electron chi connectivity index (χ3n) is 5.00. The maximum atomic E-state index is 13.4. The molecular formula is C21H20F2N4O3S. The van der Waals surface area contributed by atoms with Crippen molar-refractivity contribution in [1.29, 1.82) is 0 Å². The van der Waals surface area contributed by atoms with Crippen LogP contribution in [0.4, 0.5) is 20.3 Å². The molecule has 1 aromatic heterocycles. The number of sulfonamides is 1. The highest BCUT2D eigenvalue weighted by molar-refractivity contribution is 7.89. The second-order valence-corrected chi connectivity index (χ2v) is 8.94. The van der Waals surface area contributed by atoms with Gasteiger partial charge in [0.05, 0.1) is 12.8 Å². The van der Waals surface area contributed by atoms with E-state index in [9.17, 15) is 17.2 Å². The lowest BCUT2D eigenvalue weighted by Crippen LogP contribution is -2.28. The van der Waals surface area contributed by atoms with Crippen molar-refractivity contribution < 1.29 is 21.9 Å². The average molecular weight is 446 g/mol. The minimum Gasteiger partial charge on any atom is -0.495 e. The van der Waals surface area contributed by atoms with E-state index in [1.54, 1.807) is 24.3 Å². The SMILES string of the molecule is COc1ccc(-c2ccc(Nc3ccc(F)c(F)c3)nn2)cc1S(=O)(=O)N1CCCC1. The van der Waals surface area contributed by atoms with Crippen molar-refractivity contribution in [3.8, 4) is 17.0 Å². The molecule has 31 heavy (non-hydrogen) atoms. The predicted molar refractivity (Wildman–Crippen MR) is 112 cm³/mol. The monoisotopic (exact) mass is 446 g/mol. The number of methoxy groups -OCH3 is 1. The molecule has 0 radical (unpaired) electrons. The Hall–Kier alpha value is -3.11. The van der Waals surface area contributed by atoms with Gasteiger partial charge in [-0.15, -0.1) is 10.2 Å². The van der Waals surface area contributed by atoms with Crippen LogP contribution in [0.3, 0.4) is 0 Å². The van der Waals surface area contributed by atoms with Gasteiger partial charge in [0, 0.05) is 30.4 Å². The number of rotatable bonds is 6. The highest BCUT2D eigenvalue weighted by atomic mass is 32.2. The predicted octanol–water partition coefficient (Wildman–Crippen LogP) is 3.96. The van der Waals surface area contributed by atoms with E-state index < -0.39 is 21.7 Å². The normalized spacial score (nSPS) is 14.5. The highest BCUT2D eigenvalue weighted by Gasteiger charge is 2.30. The Kier molecular flexibility index (Phi) is 5.84. The fraction of sp³-hybridized carbons (Fsp3) is 0.238. The first-order chi connectivity index (χ1) is 14.9. The zero-order valence-electron chi connectivity index (χ0n) is 16.7. The molecule has 0 bridgehead atoms. The molecule has 0 amide bonds. The Bertz CT molecular complexity index is 1200. The number of nitrogens with zero attached hydrogens (tertiary/aromatic N) is 3. The topological polar surface area (TPSA) is 84.4 Å². The fourth-order valence-electron chi connectivity index (χ4n) is 3.38. The summed E-state index contributed by atoms with van der Waals surface area (Å²) in [6.07, 6.45) is 1.66. The summed E-state index contributed by atoms with van der Waals surface area (Å²) < 4.78 is 59.3. The smallest absolute Gasteiger partial charge is 0.246 e. The second kappa shape index (κ2) is 8.56. The Labute approximate surface area is 178 Å². The molecule has 3 aromatic rings. The summed E-state index contributed by atoms with van der Waals surface area (Å²) in [5.74, 6) is -1.32. The standard InChI is InChI=1S/C21H20F2N4O3S/c1-30-19-8-4-14(12-20(19)31(28,29)27-10-2-3-11-27)18-7-9-21(26-25-18)24-15-5-6-16(22)17(23)13-15/h4-9,12-13H,2-3,10-11H2,1H3,(H,24,26). The van der Waals surface area contributed by atoms with E-state index in [0.29, 0.717) is 35.9 Å². The summed E-state index contributed by atoms with van der Waals surface area (Å²) in [6, 6.07) is 11.5. The van der Waals surface area contributed by atoms with Gasteiger partial charge in [-0.3, -0.25) is 0 Å². The molecule has 2 heterocycles. The van der Waals surface area contributed by atoms with Crippen LogP contribution in [-0.4, -0.2) is 43.1 Å². The van der Waals surface area contributed by atoms with Gasteiger partial charge in [0.15, 0.2) is 17.5 Å². The maximum absolute atomic E-state index is 13.4. The van der Waals surface area contributed by atoms with Gasteiger partial charge in [0.1, 0.15) is 10.6 Å². The molecule has 1 saturated heterocycles. The molecule has 1 aliphatic rings. The van der Waals surface area contributed by atoms with Crippen molar-refractivity contribution in [3.05, 3.63) is 60.2 Å². The molecule has 10 heteroatoms. The van der Waals surface area contributed by atoms with Crippen LogP contribution in [0.15, 0.2) is 53.4 Å². The van der Waals surface area contributed by atoms with Crippen LogP contribution in [-0.2, 0) is 10.0 Å². The summed E-state index contributed by atoms with van der Waals surface area (Å²) in [7, 11) is -2.26. The number of hydrogen-bond acceptors (Lipinski definition) is 6. The van der Waals surface area contributed by atoms with E-state index in [1.165, 1.54) is 23.5 Å². The maximum Gasteiger partial charge on any atom is 0.246 e. The van der Waals surface area contributed by atoms with Crippen LogP contribution in [0.25, 0.3) is 11.3 Å². The molecule has 0 atom stereocenters. The number of benzene rings is 2. The van der Waals surface area contributed by atoms with Gasteiger partial charge < -0.3 is 10.1 Å². The van der Waals surface area contributed by atoms with Gasteiger partial charge in [0.25, 0.3) is 0 Å². The van der Waals surface area contributed by atoms with Crippen molar-refractivity contribution in [2.45, 2.75) is 17.7 Å². The molecule has 1 aliphatic heterocycles. The number of hydrogen-bond donors (Lipinski definition) is 1. The van der Waals surface area contributed by atoms with Gasteiger partial charge >= 0.3 is 0 Å². The van der Waals surface area contributed by atoms with Crippen molar-refractivity contribution in [2.75, 3.05) is 25.5 Å². The second-order valence-electron chi connectivity index (χ2n) is 7.03. The van der Waals surface area contributed by atoms with Crippen molar-refractivity contribution >= 4 is 21.5 Å². The molecule has 0 unspecified atom stereocenters. The van der Waals surface area contributed by atoms with Crippen LogP contribution in [0.5, 0.6) is 5.75 Å². The Morgan fingerprint density at radius 2 is 1.74 bits per heavy atom. The zero-order valence-corrected chi connectivity index (χ0v) is 17.5. The van der Waals surface area contributed by atoms with E-state index in [-0.39, 0.29) is 10.6 Å². The van der Waals surface area contributed by atoms with E-state index in [1.807, 2.05) is 0 Å². The molecule has 2 aromatic carbocycles. The van der Waals surface area contributed by atoms with Gasteiger partial charge in [-0.05, 0) is 55.3 Å². The van der Waals surface area contributed by atoms with Gasteiger partial charge in [0.2, 0.25) is 10.0 Å². The van der Waals surface area contributed by atoms with Gasteiger partial charge in [-0.1, -0.05) is 0 Å². The minimum absolute atomic E-state index is 0.0835. The summed E-state index contributed by atoms with van der Waals surface area (Å²) >= 11 is 0. The zero-order chi connectivity index (χ0) is 22.0. The first-order valence-electron chi connectivity index (χ1n) is 9.63. The number of nitrogens with one attached hydrogen (secondary N) is 1. The summed E-state index contributed by atoms with van der Waals surface area (Å²) in [4.78, 5) is 0.0835. The van der Waals surface area contributed by atoms with E-state index in [4.69, 9.17) is 4.74 Å². The first kappa shape index (κ1) is 21.1. The van der Waals surface area contributed by atoms with Crippen LogP contribution >= 0.6 is 0 Å². The van der Waals surface area contributed by atoms with Crippen molar-refractivity contribution in [3.63, 3.8) is 0 Å². The van der Waals surface area contributed by atoms with E-state index in [2.05, 4.69) is 15.5 Å². The first-order valence-corrected chi connectivity index (χ1v) is 11.1. The van der Waals surface area contributed by atoms with Crippen LogP contribution in [0.2, 0.25) is 0 Å². The molecule has 1 fully saturated rings. The molecule has 4 rings (SSSR count). The van der Waals surface area contributed by atoms with Crippen LogP contribution in [0, 0.1) is 11.6 Å². The Balaban J connectivity index is 1.61. The van der Waals surface area contributed by atoms with Crippen LogP contribution in [0.1, 0.15) is 12.8 Å². The van der Waals surface area contributed by atoms with E-state index in [0.717, 1.165) is 25.0 Å². The molecule has 162 valence electrons. The number of halogens is 2. The van der Waals surface area contributed by atoms with Crippen molar-refractivity contribution in [1.82, 2.24) is 14.5 Å². The van der Waals surface area contributed by atoms with E-state index >= 15 is 0 Å². The molecular weight excluding hydrogens is 426 g/mol. The molecule has 1 N–H and O–H groups in total. The number of anilines is 2. The lowest BCUT2D eigenvalue weighted by Gasteiger charge is -2.18. The third-order valence-corrected chi connectivity index (χ3v) is 6.92. The lowest BCUT2D eigenvalue weighted by atomic mass is 10.1. The average Bonchev–Trinajstić information content (AvgIpc) is 3.32. The Morgan fingerprint density at radius 3 is 2.39 bits per heavy atom. The fourth-order valence-corrected chi connectivity index (χ4v) is 5.08. The highest BCUT2D eigenvalue weighted by Crippen LogP contribution is 2.32. The molecule has 0 aliphatic carbocycles. The summed E-state index contributed by atoms with van der Waals surface area (Å²) in [6.45, 7) is 0.972. The summed E-state index contributed by atoms with van der Waals surface area (Å²) in [5.41, 5.74) is 1.34. The Morgan fingerprint density at radius 1 is 0.968 bits per heavy atom. The molecule has 0 spiro atoms. The van der Waals surface area contributed by atoms with Gasteiger partial charge in [-0.25, -0.2) is 17.2 Å². The quantitative estimate of drug-likeness (QED) is 0.617. The third kappa shape index (κ3) is 4.35. The lowest BCUT2D eigenvalue weighted by molar-refractivity contribution is 0.398. The summed E-state index contributed by atoms with van der Waals surface area (Å²) in [5, 5.41) is 11.0. The van der Waals surface area contributed by atoms with Gasteiger partial charge in [-0.2, -0.15) is 4.31 Å². The number of aromatic nitrogens is 2. The molecule has 0 saturated carbocycles. The van der Waals surface area contributed by atoms with Crippen molar-refractivity contribution in [2.24, 2.45) is 0 Å². The van der Waals surface area contributed by atoms with Crippen LogP contribution < -0.4 is 10.1 Å². The minimum atomic E-state index is -3.69.